The molecule has 1 aromatic heterocycles. The molecule has 0 amide bonds. The van der Waals surface area contributed by atoms with E-state index in [0.717, 1.165) is 57.3 Å². The van der Waals surface area contributed by atoms with E-state index in [0.29, 0.717) is 5.88 Å². The van der Waals surface area contributed by atoms with Crippen molar-refractivity contribution in [2.45, 2.75) is 19.8 Å². The molecule has 1 saturated heterocycles. The largest absolute Gasteiger partial charge is 0.481 e. The molecule has 2 heterocycles. The molecule has 0 atom stereocenters. The summed E-state index contributed by atoms with van der Waals surface area (Å²) in [5.74, 6) is 2.36. The van der Waals surface area contributed by atoms with Gasteiger partial charge in [-0.15, -0.1) is 0 Å². The number of hydrogen-bond acceptors (Lipinski definition) is 6. The van der Waals surface area contributed by atoms with Crippen molar-refractivity contribution in [2.24, 2.45) is 5.73 Å². The number of unbranched alkanes of at least 4 members (excludes halogenated alkanes) is 1. The van der Waals surface area contributed by atoms with Crippen molar-refractivity contribution in [1.82, 2.24) is 14.9 Å². The summed E-state index contributed by atoms with van der Waals surface area (Å²) in [5.41, 5.74) is 5.53. The lowest BCUT2D eigenvalue weighted by atomic mass is 10.2. The number of nitrogens with zero attached hydrogens (tertiary/aromatic N) is 4. The van der Waals surface area contributed by atoms with Crippen LogP contribution in [0.2, 0.25) is 0 Å². The summed E-state index contributed by atoms with van der Waals surface area (Å²) in [6.07, 6.45) is 2.31. The number of rotatable bonds is 6. The lowest BCUT2D eigenvalue weighted by Crippen LogP contribution is -2.47. The Balaban J connectivity index is 1.88. The van der Waals surface area contributed by atoms with Crippen LogP contribution >= 0.6 is 0 Å². The average Bonchev–Trinajstić information content (AvgIpc) is 2.47. The van der Waals surface area contributed by atoms with Crippen molar-refractivity contribution in [3.8, 4) is 5.88 Å². The van der Waals surface area contributed by atoms with E-state index in [4.69, 9.17) is 10.5 Å². The summed E-state index contributed by atoms with van der Waals surface area (Å²) >= 11 is 0. The molecule has 6 nitrogen and oxygen atoms in total. The first-order chi connectivity index (χ1) is 9.72. The van der Waals surface area contributed by atoms with Crippen molar-refractivity contribution in [1.29, 1.82) is 0 Å². The molecule has 0 spiro atoms. The maximum absolute atomic E-state index is 5.53. The van der Waals surface area contributed by atoms with Crippen molar-refractivity contribution in [2.75, 3.05) is 51.3 Å². The molecule has 1 aromatic rings. The standard InChI is InChI=1S/C14H25N5O/c1-12-16-13(11-14(17-12)20-2)19-9-7-18(8-10-19)6-4-3-5-15/h11H,3-10,15H2,1-2H3. The molecule has 1 aliphatic heterocycles. The SMILES string of the molecule is COc1cc(N2CCN(CCCCN)CC2)nc(C)n1. The van der Waals surface area contributed by atoms with E-state index in [-0.39, 0.29) is 0 Å². The number of ether oxygens (including phenoxy) is 1. The molecule has 6 heteroatoms. The highest BCUT2D eigenvalue weighted by atomic mass is 16.5. The van der Waals surface area contributed by atoms with Gasteiger partial charge in [0.1, 0.15) is 11.6 Å². The highest BCUT2D eigenvalue weighted by Crippen LogP contribution is 2.18. The quantitative estimate of drug-likeness (QED) is 0.771. The number of methoxy groups -OCH3 is 1. The molecule has 2 rings (SSSR count). The summed E-state index contributed by atoms with van der Waals surface area (Å²) in [6, 6.07) is 1.91. The van der Waals surface area contributed by atoms with Crippen LogP contribution in [0.15, 0.2) is 6.07 Å². The highest BCUT2D eigenvalue weighted by molar-refractivity contribution is 5.42. The molecule has 0 aromatic carbocycles. The minimum absolute atomic E-state index is 0.637. The normalized spacial score (nSPS) is 16.4. The van der Waals surface area contributed by atoms with Crippen molar-refractivity contribution in [3.63, 3.8) is 0 Å². The lowest BCUT2D eigenvalue weighted by Gasteiger charge is -2.35. The fourth-order valence-electron chi connectivity index (χ4n) is 2.47. The Morgan fingerprint density at radius 3 is 2.60 bits per heavy atom. The van der Waals surface area contributed by atoms with Crippen LogP contribution in [0.4, 0.5) is 5.82 Å². The third-order valence-corrected chi connectivity index (χ3v) is 3.63. The van der Waals surface area contributed by atoms with Gasteiger partial charge in [-0.2, -0.15) is 4.98 Å². The van der Waals surface area contributed by atoms with Gasteiger partial charge in [-0.3, -0.25) is 4.90 Å². The Morgan fingerprint density at radius 1 is 1.20 bits per heavy atom. The Labute approximate surface area is 120 Å². The summed E-state index contributed by atoms with van der Waals surface area (Å²) < 4.78 is 5.21. The van der Waals surface area contributed by atoms with Gasteiger partial charge in [-0.25, -0.2) is 4.98 Å². The van der Waals surface area contributed by atoms with E-state index in [2.05, 4.69) is 19.8 Å². The van der Waals surface area contributed by atoms with Crippen LogP contribution in [-0.2, 0) is 0 Å². The molecule has 2 N–H and O–H groups in total. The van der Waals surface area contributed by atoms with Gasteiger partial charge in [0.15, 0.2) is 0 Å². The van der Waals surface area contributed by atoms with Gasteiger partial charge in [0.05, 0.1) is 7.11 Å². The zero-order valence-electron chi connectivity index (χ0n) is 12.5. The van der Waals surface area contributed by atoms with Crippen LogP contribution < -0.4 is 15.4 Å². The first-order valence-electron chi connectivity index (χ1n) is 7.30. The Hall–Kier alpha value is -1.40. The molecule has 0 aliphatic carbocycles. The van der Waals surface area contributed by atoms with Gasteiger partial charge < -0.3 is 15.4 Å². The minimum atomic E-state index is 0.637. The van der Waals surface area contributed by atoms with Crippen molar-refractivity contribution >= 4 is 5.82 Å². The number of nitrogens with two attached hydrogens (primary N) is 1. The van der Waals surface area contributed by atoms with Crippen LogP contribution in [0.5, 0.6) is 5.88 Å². The van der Waals surface area contributed by atoms with Crippen LogP contribution in [0.1, 0.15) is 18.7 Å². The third kappa shape index (κ3) is 4.05. The van der Waals surface area contributed by atoms with Gasteiger partial charge in [0.25, 0.3) is 0 Å². The highest BCUT2D eigenvalue weighted by Gasteiger charge is 2.18. The smallest absolute Gasteiger partial charge is 0.218 e. The lowest BCUT2D eigenvalue weighted by molar-refractivity contribution is 0.253. The van der Waals surface area contributed by atoms with E-state index in [1.807, 2.05) is 13.0 Å². The van der Waals surface area contributed by atoms with Crippen molar-refractivity contribution in [3.05, 3.63) is 11.9 Å². The van der Waals surface area contributed by atoms with Gasteiger partial charge in [-0.1, -0.05) is 0 Å². The monoisotopic (exact) mass is 279 g/mol. The second-order valence-corrected chi connectivity index (χ2v) is 5.14. The molecule has 20 heavy (non-hydrogen) atoms. The van der Waals surface area contributed by atoms with Gasteiger partial charge >= 0.3 is 0 Å². The molecule has 0 bridgehead atoms. The zero-order chi connectivity index (χ0) is 14.4. The van der Waals surface area contributed by atoms with Crippen LogP contribution in [0, 0.1) is 6.92 Å². The number of aromatic nitrogens is 2. The molecule has 1 fully saturated rings. The maximum atomic E-state index is 5.53. The van der Waals surface area contributed by atoms with Gasteiger partial charge in [0.2, 0.25) is 5.88 Å². The Bertz CT molecular complexity index is 418. The molecule has 0 unspecified atom stereocenters. The van der Waals surface area contributed by atoms with Gasteiger partial charge in [0, 0.05) is 32.2 Å². The number of piperazine rings is 1. The maximum Gasteiger partial charge on any atom is 0.218 e. The molecular weight excluding hydrogens is 254 g/mol. The summed E-state index contributed by atoms with van der Waals surface area (Å²) in [4.78, 5) is 13.5. The first-order valence-corrected chi connectivity index (χ1v) is 7.30. The number of anilines is 1. The molecule has 1 aliphatic rings. The molecule has 112 valence electrons. The fourth-order valence-corrected chi connectivity index (χ4v) is 2.47. The summed E-state index contributed by atoms with van der Waals surface area (Å²) in [6.45, 7) is 8.00. The first kappa shape index (κ1) is 15.0. The number of hydrogen-bond donors (Lipinski definition) is 1. The predicted octanol–water partition coefficient (Wildman–Crippen LogP) is 0.655. The van der Waals surface area contributed by atoms with Crippen LogP contribution in [-0.4, -0.2) is 61.2 Å². The van der Waals surface area contributed by atoms with E-state index < -0.39 is 0 Å². The molecule has 0 saturated carbocycles. The topological polar surface area (TPSA) is 67.5 Å². The molecular formula is C14H25N5O. The zero-order valence-corrected chi connectivity index (χ0v) is 12.5. The van der Waals surface area contributed by atoms with Crippen LogP contribution in [0.3, 0.4) is 0 Å². The third-order valence-electron chi connectivity index (χ3n) is 3.63. The van der Waals surface area contributed by atoms with Gasteiger partial charge in [-0.05, 0) is 32.9 Å². The second-order valence-electron chi connectivity index (χ2n) is 5.14. The molecule has 0 radical (unpaired) electrons. The van der Waals surface area contributed by atoms with E-state index in [1.54, 1.807) is 7.11 Å². The summed E-state index contributed by atoms with van der Waals surface area (Å²) in [5, 5.41) is 0. The number of aryl methyl sites for hydroxylation is 1. The minimum Gasteiger partial charge on any atom is -0.481 e. The average molecular weight is 279 g/mol. The fraction of sp³-hybridized carbons (Fsp3) is 0.714. The van der Waals surface area contributed by atoms with Crippen molar-refractivity contribution < 1.29 is 4.74 Å². The predicted molar refractivity (Wildman–Crippen MR) is 80.3 cm³/mol. The Morgan fingerprint density at radius 2 is 1.95 bits per heavy atom. The van der Waals surface area contributed by atoms with E-state index >= 15 is 0 Å². The summed E-state index contributed by atoms with van der Waals surface area (Å²) in [7, 11) is 1.64. The van der Waals surface area contributed by atoms with E-state index in [9.17, 15) is 0 Å². The Kier molecular flexibility index (Phi) is 5.55. The van der Waals surface area contributed by atoms with Crippen LogP contribution in [0.25, 0.3) is 0 Å². The van der Waals surface area contributed by atoms with E-state index in [1.165, 1.54) is 6.42 Å². The second kappa shape index (κ2) is 7.40.